The Labute approximate surface area is 164 Å². The van der Waals surface area contributed by atoms with Crippen LogP contribution in [0.25, 0.3) is 0 Å². The van der Waals surface area contributed by atoms with E-state index in [2.05, 4.69) is 50.4 Å². The van der Waals surface area contributed by atoms with Gasteiger partial charge in [-0.25, -0.2) is 4.79 Å². The number of carbonyl (C=O) groups excluding carboxylic acids is 1. The number of urea groups is 1. The Hall–Kier alpha value is -1.85. The van der Waals surface area contributed by atoms with Crippen molar-refractivity contribution in [2.75, 3.05) is 26.2 Å². The van der Waals surface area contributed by atoms with Gasteiger partial charge in [0, 0.05) is 37.2 Å². The fraction of sp³-hybridized carbons (Fsp3) is 0.381. The first-order chi connectivity index (χ1) is 12.6. The summed E-state index contributed by atoms with van der Waals surface area (Å²) in [4.78, 5) is 17.1. The van der Waals surface area contributed by atoms with E-state index in [4.69, 9.17) is 0 Å². The van der Waals surface area contributed by atoms with Crippen LogP contribution in [0.2, 0.25) is 0 Å². The summed E-state index contributed by atoms with van der Waals surface area (Å²) in [6.07, 6.45) is 1.00. The number of benzene rings is 2. The molecular formula is C21H26BrN3O. The SMILES string of the molecule is CC(NC(=O)N1CCCN(Cc2ccccc2)CC1)c1ccccc1Br. The van der Waals surface area contributed by atoms with Gasteiger partial charge < -0.3 is 10.2 Å². The molecule has 138 valence electrons. The van der Waals surface area contributed by atoms with Crippen molar-refractivity contribution in [1.29, 1.82) is 0 Å². The van der Waals surface area contributed by atoms with E-state index in [-0.39, 0.29) is 12.1 Å². The number of hydrogen-bond acceptors (Lipinski definition) is 2. The molecule has 1 unspecified atom stereocenters. The zero-order chi connectivity index (χ0) is 18.4. The fourth-order valence-corrected chi connectivity index (χ4v) is 3.98. The quantitative estimate of drug-likeness (QED) is 0.801. The fourth-order valence-electron chi connectivity index (χ4n) is 3.35. The molecule has 1 aliphatic heterocycles. The standard InChI is InChI=1S/C21H26BrN3O/c1-17(19-10-5-6-11-20(19)22)23-21(26)25-13-7-12-24(14-15-25)16-18-8-3-2-4-9-18/h2-6,8-11,17H,7,12-16H2,1H3,(H,23,26). The summed E-state index contributed by atoms with van der Waals surface area (Å²) in [6, 6.07) is 18.6. The summed E-state index contributed by atoms with van der Waals surface area (Å²) in [7, 11) is 0. The summed E-state index contributed by atoms with van der Waals surface area (Å²) < 4.78 is 1.03. The predicted molar refractivity (Wildman–Crippen MR) is 109 cm³/mol. The summed E-state index contributed by atoms with van der Waals surface area (Å²) >= 11 is 3.56. The Morgan fingerprint density at radius 2 is 1.77 bits per heavy atom. The summed E-state index contributed by atoms with van der Waals surface area (Å²) in [5, 5.41) is 3.14. The van der Waals surface area contributed by atoms with Crippen LogP contribution in [-0.2, 0) is 6.54 Å². The second-order valence-corrected chi connectivity index (χ2v) is 7.65. The highest BCUT2D eigenvalue weighted by Gasteiger charge is 2.21. The lowest BCUT2D eigenvalue weighted by molar-refractivity contribution is 0.194. The largest absolute Gasteiger partial charge is 0.331 e. The molecule has 0 saturated carbocycles. The number of halogens is 1. The van der Waals surface area contributed by atoms with Crippen molar-refractivity contribution in [2.24, 2.45) is 0 Å². The highest BCUT2D eigenvalue weighted by Crippen LogP contribution is 2.23. The maximum atomic E-state index is 12.7. The van der Waals surface area contributed by atoms with Crippen molar-refractivity contribution in [3.05, 3.63) is 70.2 Å². The third kappa shape index (κ3) is 5.08. The predicted octanol–water partition coefficient (Wildman–Crippen LogP) is 4.43. The van der Waals surface area contributed by atoms with Gasteiger partial charge in [-0.3, -0.25) is 4.90 Å². The van der Waals surface area contributed by atoms with Gasteiger partial charge in [0.25, 0.3) is 0 Å². The third-order valence-electron chi connectivity index (χ3n) is 4.84. The molecular weight excluding hydrogens is 390 g/mol. The lowest BCUT2D eigenvalue weighted by Gasteiger charge is -2.25. The molecule has 0 radical (unpaired) electrons. The van der Waals surface area contributed by atoms with Crippen LogP contribution < -0.4 is 5.32 Å². The third-order valence-corrected chi connectivity index (χ3v) is 5.56. The molecule has 3 rings (SSSR count). The van der Waals surface area contributed by atoms with Crippen molar-refractivity contribution in [1.82, 2.24) is 15.1 Å². The number of hydrogen-bond donors (Lipinski definition) is 1. The van der Waals surface area contributed by atoms with Crippen molar-refractivity contribution >= 4 is 22.0 Å². The van der Waals surface area contributed by atoms with E-state index in [0.29, 0.717) is 0 Å². The van der Waals surface area contributed by atoms with Gasteiger partial charge in [-0.05, 0) is 30.5 Å². The minimum atomic E-state index is -0.0262. The van der Waals surface area contributed by atoms with Crippen molar-refractivity contribution in [2.45, 2.75) is 25.9 Å². The van der Waals surface area contributed by atoms with Gasteiger partial charge in [-0.15, -0.1) is 0 Å². The zero-order valence-electron chi connectivity index (χ0n) is 15.2. The number of nitrogens with one attached hydrogen (secondary N) is 1. The smallest absolute Gasteiger partial charge is 0.317 e. The minimum absolute atomic E-state index is 0.0230. The first kappa shape index (κ1) is 18.9. The normalized spacial score (nSPS) is 16.8. The highest BCUT2D eigenvalue weighted by molar-refractivity contribution is 9.10. The van der Waals surface area contributed by atoms with Gasteiger partial charge >= 0.3 is 6.03 Å². The topological polar surface area (TPSA) is 35.6 Å². The first-order valence-corrected chi connectivity index (χ1v) is 9.99. The molecule has 1 heterocycles. The molecule has 0 bridgehead atoms. The van der Waals surface area contributed by atoms with Gasteiger partial charge in [-0.1, -0.05) is 64.5 Å². The Morgan fingerprint density at radius 1 is 1.04 bits per heavy atom. The Morgan fingerprint density at radius 3 is 2.54 bits per heavy atom. The molecule has 4 nitrogen and oxygen atoms in total. The van der Waals surface area contributed by atoms with Crippen LogP contribution in [0.15, 0.2) is 59.1 Å². The van der Waals surface area contributed by atoms with Crippen LogP contribution in [0.4, 0.5) is 4.79 Å². The van der Waals surface area contributed by atoms with Crippen LogP contribution in [0, 0.1) is 0 Å². The molecule has 0 aliphatic carbocycles. The van der Waals surface area contributed by atoms with E-state index >= 15 is 0 Å². The molecule has 0 aromatic heterocycles. The van der Waals surface area contributed by atoms with Crippen LogP contribution in [-0.4, -0.2) is 42.0 Å². The van der Waals surface area contributed by atoms with Crippen LogP contribution in [0.1, 0.15) is 30.5 Å². The van der Waals surface area contributed by atoms with E-state index in [1.807, 2.05) is 42.2 Å². The second kappa shape index (κ2) is 9.19. The highest BCUT2D eigenvalue weighted by atomic mass is 79.9. The molecule has 0 spiro atoms. The molecule has 1 fully saturated rings. The maximum Gasteiger partial charge on any atom is 0.317 e. The summed E-state index contributed by atoms with van der Waals surface area (Å²) in [5.74, 6) is 0. The minimum Gasteiger partial charge on any atom is -0.331 e. The molecule has 5 heteroatoms. The lowest BCUT2D eigenvalue weighted by atomic mass is 10.1. The molecule has 2 amide bonds. The maximum absolute atomic E-state index is 12.7. The summed E-state index contributed by atoms with van der Waals surface area (Å²) in [6.45, 7) is 6.48. The van der Waals surface area contributed by atoms with Gasteiger partial charge in [0.2, 0.25) is 0 Å². The van der Waals surface area contributed by atoms with Gasteiger partial charge in [0.1, 0.15) is 0 Å². The Balaban J connectivity index is 1.53. The molecule has 1 atom stereocenters. The van der Waals surface area contributed by atoms with Crippen LogP contribution >= 0.6 is 15.9 Å². The summed E-state index contributed by atoms with van der Waals surface area (Å²) in [5.41, 5.74) is 2.43. The average Bonchev–Trinajstić information content (AvgIpc) is 2.88. The molecule has 26 heavy (non-hydrogen) atoms. The number of amides is 2. The van der Waals surface area contributed by atoms with E-state index in [9.17, 15) is 4.79 Å². The van der Waals surface area contributed by atoms with E-state index in [1.54, 1.807) is 0 Å². The Kier molecular flexibility index (Phi) is 6.69. The average molecular weight is 416 g/mol. The first-order valence-electron chi connectivity index (χ1n) is 9.19. The van der Waals surface area contributed by atoms with Crippen molar-refractivity contribution in [3.8, 4) is 0 Å². The second-order valence-electron chi connectivity index (χ2n) is 6.80. The van der Waals surface area contributed by atoms with Gasteiger partial charge in [0.15, 0.2) is 0 Å². The van der Waals surface area contributed by atoms with Crippen LogP contribution in [0.5, 0.6) is 0 Å². The van der Waals surface area contributed by atoms with Gasteiger partial charge in [0.05, 0.1) is 6.04 Å². The molecule has 1 aliphatic rings. The number of rotatable bonds is 4. The monoisotopic (exact) mass is 415 g/mol. The molecule has 1 N–H and O–H groups in total. The Bertz CT molecular complexity index is 722. The van der Waals surface area contributed by atoms with Crippen molar-refractivity contribution < 1.29 is 4.79 Å². The number of carbonyl (C=O) groups is 1. The van der Waals surface area contributed by atoms with Crippen LogP contribution in [0.3, 0.4) is 0 Å². The van der Waals surface area contributed by atoms with E-state index < -0.39 is 0 Å². The van der Waals surface area contributed by atoms with Crippen molar-refractivity contribution in [3.63, 3.8) is 0 Å². The molecule has 1 saturated heterocycles. The van der Waals surface area contributed by atoms with E-state index in [1.165, 1.54) is 5.56 Å². The number of nitrogens with zero attached hydrogens (tertiary/aromatic N) is 2. The van der Waals surface area contributed by atoms with Gasteiger partial charge in [-0.2, -0.15) is 0 Å². The molecule has 2 aromatic rings. The van der Waals surface area contributed by atoms with E-state index in [0.717, 1.165) is 49.2 Å². The molecule has 2 aromatic carbocycles. The lowest BCUT2D eigenvalue weighted by Crippen LogP contribution is -2.43. The zero-order valence-corrected chi connectivity index (χ0v) is 16.8.